The van der Waals surface area contributed by atoms with E-state index in [4.69, 9.17) is 4.42 Å². The van der Waals surface area contributed by atoms with E-state index in [2.05, 4.69) is 32.4 Å². The highest BCUT2D eigenvalue weighted by Gasteiger charge is 2.46. The smallest absolute Gasteiger partial charge is 0.416 e. The zero-order valence-electron chi connectivity index (χ0n) is 15.5. The van der Waals surface area contributed by atoms with Gasteiger partial charge in [-0.1, -0.05) is 6.08 Å². The second-order valence-electron chi connectivity index (χ2n) is 6.69. The fourth-order valence-corrected chi connectivity index (χ4v) is 3.20. The fourth-order valence-electron chi connectivity index (χ4n) is 3.20. The largest absolute Gasteiger partial charge is 0.418 e. The molecule has 10 heteroatoms. The summed E-state index contributed by atoms with van der Waals surface area (Å²) in [5.74, 6) is -0.0913. The maximum absolute atomic E-state index is 12.8. The number of alkyl halides is 3. The van der Waals surface area contributed by atoms with Gasteiger partial charge >= 0.3 is 6.18 Å². The minimum Gasteiger partial charge on any atom is -0.418 e. The van der Waals surface area contributed by atoms with Crippen LogP contribution in [0.3, 0.4) is 0 Å². The van der Waals surface area contributed by atoms with Crippen LogP contribution in [0.5, 0.6) is 0 Å². The molecule has 0 saturated carbocycles. The van der Waals surface area contributed by atoms with E-state index in [0.717, 1.165) is 12.1 Å². The van der Waals surface area contributed by atoms with Gasteiger partial charge in [-0.15, -0.1) is 16.8 Å². The predicted molar refractivity (Wildman–Crippen MR) is 102 cm³/mol. The van der Waals surface area contributed by atoms with Crippen LogP contribution in [0.25, 0.3) is 11.6 Å². The molecule has 1 aromatic carbocycles. The van der Waals surface area contributed by atoms with Crippen LogP contribution in [0.2, 0.25) is 0 Å². The van der Waals surface area contributed by atoms with Crippen molar-refractivity contribution in [3.63, 3.8) is 0 Å². The summed E-state index contributed by atoms with van der Waals surface area (Å²) >= 11 is 0. The molecule has 0 bridgehead atoms. The Kier molecular flexibility index (Phi) is 4.76. The van der Waals surface area contributed by atoms with Gasteiger partial charge < -0.3 is 15.1 Å². The molecule has 3 heterocycles. The molecule has 1 aliphatic rings. The molecule has 30 heavy (non-hydrogen) atoms. The molecule has 1 fully saturated rings. The summed E-state index contributed by atoms with van der Waals surface area (Å²) in [4.78, 5) is 16.5. The third kappa shape index (κ3) is 3.40. The van der Waals surface area contributed by atoms with E-state index in [1.54, 1.807) is 12.1 Å². The van der Waals surface area contributed by atoms with Gasteiger partial charge in [-0.25, -0.2) is 4.98 Å². The molecule has 2 aromatic heterocycles. The van der Waals surface area contributed by atoms with E-state index in [-0.39, 0.29) is 17.7 Å². The minimum atomic E-state index is -4.41. The molecule has 0 unspecified atom stereocenters. The first-order valence-corrected chi connectivity index (χ1v) is 8.99. The maximum Gasteiger partial charge on any atom is 0.416 e. The van der Waals surface area contributed by atoms with E-state index in [9.17, 15) is 18.0 Å². The first kappa shape index (κ1) is 19.6. The highest BCUT2D eigenvalue weighted by Crippen LogP contribution is 2.35. The molecule has 0 aliphatic carbocycles. The zero-order valence-corrected chi connectivity index (χ0v) is 15.5. The highest BCUT2D eigenvalue weighted by molar-refractivity contribution is 5.91. The molecular weight excluding hydrogens is 399 g/mol. The molecule has 0 spiro atoms. The van der Waals surface area contributed by atoms with Crippen LogP contribution in [-0.2, 0) is 16.4 Å². The van der Waals surface area contributed by atoms with Crippen molar-refractivity contribution in [3.05, 3.63) is 66.7 Å². The van der Waals surface area contributed by atoms with E-state index >= 15 is 0 Å². The first-order chi connectivity index (χ1) is 14.3. The number of hydrogen-bond acceptors (Lipinski definition) is 6. The molecular formula is C20H16F3N5O2. The predicted octanol–water partition coefficient (Wildman–Crippen LogP) is 3.84. The van der Waals surface area contributed by atoms with Crippen LogP contribution in [-0.4, -0.2) is 27.6 Å². The molecule has 1 aliphatic heterocycles. The summed E-state index contributed by atoms with van der Waals surface area (Å²) < 4.78 is 44.0. The average Bonchev–Trinajstić information content (AvgIpc) is 3.35. The molecule has 1 atom stereocenters. The van der Waals surface area contributed by atoms with Gasteiger partial charge in [0.15, 0.2) is 5.69 Å². The van der Waals surface area contributed by atoms with Gasteiger partial charge in [-0.05, 0) is 42.8 Å². The molecule has 3 aromatic rings. The lowest BCUT2D eigenvalue weighted by atomic mass is 9.86. The van der Waals surface area contributed by atoms with Gasteiger partial charge in [0.25, 0.3) is 5.89 Å². The van der Waals surface area contributed by atoms with Gasteiger partial charge in [-0.2, -0.15) is 13.2 Å². The first-order valence-electron chi connectivity index (χ1n) is 8.99. The Bertz CT molecular complexity index is 1090. The second kappa shape index (κ2) is 7.29. The molecule has 7 nitrogen and oxygen atoms in total. The Morgan fingerprint density at radius 3 is 2.60 bits per heavy atom. The zero-order chi connectivity index (χ0) is 21.4. The van der Waals surface area contributed by atoms with Gasteiger partial charge in [0.05, 0.1) is 11.3 Å². The Hall–Kier alpha value is -3.69. The SMILES string of the molecule is C=C[C@@]1(c2nnc(-c3ncccc3Nc3ccc(C(F)(F)F)cc3)o2)CCNC1=O. The number of nitrogens with zero attached hydrogens (tertiary/aromatic N) is 3. The number of carbonyl (C=O) groups excluding carboxylic acids is 1. The van der Waals surface area contributed by atoms with Crippen LogP contribution >= 0.6 is 0 Å². The highest BCUT2D eigenvalue weighted by atomic mass is 19.4. The third-order valence-corrected chi connectivity index (χ3v) is 4.87. The fraction of sp³-hybridized carbons (Fsp3) is 0.200. The van der Waals surface area contributed by atoms with Gasteiger partial charge in [0, 0.05) is 18.4 Å². The van der Waals surface area contributed by atoms with Crippen LogP contribution in [0, 0.1) is 0 Å². The lowest BCUT2D eigenvalue weighted by Crippen LogP contribution is -2.33. The number of pyridine rings is 1. The quantitative estimate of drug-likeness (QED) is 0.615. The van der Waals surface area contributed by atoms with Crippen molar-refractivity contribution in [2.24, 2.45) is 0 Å². The molecule has 4 rings (SSSR count). The number of anilines is 2. The van der Waals surface area contributed by atoms with Crippen LogP contribution < -0.4 is 10.6 Å². The third-order valence-electron chi connectivity index (χ3n) is 4.87. The molecule has 1 saturated heterocycles. The summed E-state index contributed by atoms with van der Waals surface area (Å²) in [7, 11) is 0. The topological polar surface area (TPSA) is 92.9 Å². The number of hydrogen-bond donors (Lipinski definition) is 2. The Morgan fingerprint density at radius 2 is 1.97 bits per heavy atom. The standard InChI is InChI=1S/C20H16F3N5O2/c1-2-19(9-11-25-17(19)29)18-28-27-16(30-18)15-14(4-3-10-24-15)26-13-7-5-12(6-8-13)20(21,22)23/h2-8,10,26H,1,9,11H2,(H,25,29)/t19-/m1/s1. The molecule has 1 amide bonds. The van der Waals surface area contributed by atoms with Crippen LogP contribution in [0.15, 0.2) is 59.7 Å². The van der Waals surface area contributed by atoms with Crippen molar-refractivity contribution in [3.8, 4) is 11.6 Å². The van der Waals surface area contributed by atoms with Crippen molar-refractivity contribution in [1.82, 2.24) is 20.5 Å². The summed E-state index contributed by atoms with van der Waals surface area (Å²) in [6.07, 6.45) is -0.975. The van der Waals surface area contributed by atoms with E-state index < -0.39 is 17.2 Å². The number of nitrogens with one attached hydrogen (secondary N) is 2. The van der Waals surface area contributed by atoms with E-state index in [1.807, 2.05) is 0 Å². The monoisotopic (exact) mass is 415 g/mol. The normalized spacial score (nSPS) is 18.8. The average molecular weight is 415 g/mol. The van der Waals surface area contributed by atoms with Crippen molar-refractivity contribution < 1.29 is 22.4 Å². The number of benzene rings is 1. The molecule has 2 N–H and O–H groups in total. The summed E-state index contributed by atoms with van der Waals surface area (Å²) in [6.45, 7) is 4.19. The van der Waals surface area contributed by atoms with Crippen molar-refractivity contribution in [2.45, 2.75) is 18.0 Å². The summed E-state index contributed by atoms with van der Waals surface area (Å²) in [6, 6.07) is 7.92. The number of carbonyl (C=O) groups is 1. The Balaban J connectivity index is 1.64. The molecule has 0 radical (unpaired) electrons. The van der Waals surface area contributed by atoms with Crippen molar-refractivity contribution >= 4 is 17.3 Å². The summed E-state index contributed by atoms with van der Waals surface area (Å²) in [5, 5.41) is 13.8. The lowest BCUT2D eigenvalue weighted by molar-refractivity contribution is -0.137. The van der Waals surface area contributed by atoms with Gasteiger partial charge in [-0.3, -0.25) is 4.79 Å². The minimum absolute atomic E-state index is 0.0703. The maximum atomic E-state index is 12.8. The van der Waals surface area contributed by atoms with E-state index in [0.29, 0.717) is 30.0 Å². The number of rotatable bonds is 5. The van der Waals surface area contributed by atoms with Gasteiger partial charge in [0.2, 0.25) is 11.8 Å². The van der Waals surface area contributed by atoms with Crippen LogP contribution in [0.4, 0.5) is 24.5 Å². The van der Waals surface area contributed by atoms with Gasteiger partial charge in [0.1, 0.15) is 5.41 Å². The Morgan fingerprint density at radius 1 is 1.20 bits per heavy atom. The second-order valence-corrected chi connectivity index (χ2v) is 6.69. The van der Waals surface area contributed by atoms with Crippen molar-refractivity contribution in [1.29, 1.82) is 0 Å². The molecule has 154 valence electrons. The number of aromatic nitrogens is 3. The summed E-state index contributed by atoms with van der Waals surface area (Å²) in [5.41, 5.74) is -0.661. The van der Waals surface area contributed by atoms with E-state index in [1.165, 1.54) is 24.4 Å². The number of halogens is 3. The number of amides is 1. The van der Waals surface area contributed by atoms with Crippen LogP contribution in [0.1, 0.15) is 17.9 Å². The van der Waals surface area contributed by atoms with Crippen molar-refractivity contribution in [2.75, 3.05) is 11.9 Å². The Labute approximate surface area is 169 Å². The lowest BCUT2D eigenvalue weighted by Gasteiger charge is -2.15.